The molecule has 0 radical (unpaired) electrons. The van der Waals surface area contributed by atoms with Crippen LogP contribution in [0.2, 0.25) is 0 Å². The van der Waals surface area contributed by atoms with E-state index < -0.39 is 131 Å². The lowest BCUT2D eigenvalue weighted by atomic mass is 9.95. The third-order valence-electron chi connectivity index (χ3n) is 19.7. The minimum absolute atomic E-state index is 0.125. The zero-order valence-electron chi connectivity index (χ0n) is 65.8. The molecule has 22 heteroatoms. The summed E-state index contributed by atoms with van der Waals surface area (Å²) in [6.07, 6.45) is 38.1. The van der Waals surface area contributed by atoms with Crippen molar-refractivity contribution in [2.24, 2.45) is 0 Å². The fourth-order valence-corrected chi connectivity index (χ4v) is 14.1. The van der Waals surface area contributed by atoms with Crippen LogP contribution in [0.3, 0.4) is 0 Å². The van der Waals surface area contributed by atoms with Gasteiger partial charge in [-0.05, 0) is 57.8 Å². The quantitative estimate of drug-likeness (QED) is 0.0143. The second-order valence-electron chi connectivity index (χ2n) is 29.5. The Hall–Kier alpha value is -3.72. The number of aliphatic carboxylic acids is 1. The van der Waals surface area contributed by atoms with Gasteiger partial charge in [-0.15, -0.1) is 0 Å². The van der Waals surface area contributed by atoms with Gasteiger partial charge in [-0.1, -0.05) is 311 Å². The molecule has 0 bridgehead atoms. The molecule has 604 valence electrons. The summed E-state index contributed by atoms with van der Waals surface area (Å²) in [5, 5.41) is 26.9. The Bertz CT molecular complexity index is 2170. The minimum atomic E-state index is -5.56. The Morgan fingerprint density at radius 1 is 0.398 bits per heavy atom. The van der Waals surface area contributed by atoms with E-state index >= 15 is 0 Å². The SMILES string of the molecule is CCCCCCCCCCC[C@H](CC(=O)NC1[C@H](OC[C@H](NC(=O)C[C@@H](CCCCCCCCCCC)OC(=O)CCCCCCCCC)C(=O)O)OC(CO)[C@H](OP(=O)(O)O)[C@@H]1OC(=O)C[C@@H](CCCCCCCCCCC)OC(=O)CCCCCCCCC)OC(=O)CCCCCCCCC. The first-order valence-corrected chi connectivity index (χ1v) is 43.6. The smallest absolute Gasteiger partial charge is 0.470 e. The molecule has 0 saturated carbocycles. The summed E-state index contributed by atoms with van der Waals surface area (Å²) in [6.45, 7) is 11.1. The molecular weight excluding hydrogens is 1340 g/mol. The number of carboxylic acid groups (broad SMARTS) is 1. The molecule has 0 spiro atoms. The number of nitrogens with one attached hydrogen (secondary N) is 2. The van der Waals surface area contributed by atoms with Crippen molar-refractivity contribution in [1.82, 2.24) is 10.6 Å². The summed E-state index contributed by atoms with van der Waals surface area (Å²) < 4.78 is 54.9. The van der Waals surface area contributed by atoms with Gasteiger partial charge in [0.05, 0.1) is 32.5 Å². The van der Waals surface area contributed by atoms with Crippen LogP contribution in [-0.4, -0.2) is 130 Å². The Morgan fingerprint density at radius 2 is 0.699 bits per heavy atom. The van der Waals surface area contributed by atoms with Gasteiger partial charge in [-0.2, -0.15) is 0 Å². The van der Waals surface area contributed by atoms with Crippen molar-refractivity contribution in [3.8, 4) is 0 Å². The molecule has 9 atom stereocenters. The van der Waals surface area contributed by atoms with Crippen molar-refractivity contribution in [3.05, 3.63) is 0 Å². The number of amides is 2. The third-order valence-corrected chi connectivity index (χ3v) is 20.2. The maximum absolute atomic E-state index is 14.8. The molecule has 21 nitrogen and oxygen atoms in total. The first-order chi connectivity index (χ1) is 49.8. The molecule has 0 aromatic rings. The first-order valence-electron chi connectivity index (χ1n) is 42.1. The lowest BCUT2D eigenvalue weighted by Crippen LogP contribution is -2.66. The highest BCUT2D eigenvalue weighted by molar-refractivity contribution is 7.46. The minimum Gasteiger partial charge on any atom is -0.480 e. The maximum Gasteiger partial charge on any atom is 0.470 e. The number of carbonyl (C=O) groups is 7. The summed E-state index contributed by atoms with van der Waals surface area (Å²) in [7, 11) is -5.56. The predicted molar refractivity (Wildman–Crippen MR) is 407 cm³/mol. The number of rotatable bonds is 73. The average molecular weight is 1490 g/mol. The Morgan fingerprint density at radius 3 is 1.01 bits per heavy atom. The normalized spacial score (nSPS) is 17.3. The molecule has 2 amide bonds. The van der Waals surface area contributed by atoms with Gasteiger partial charge in [0.1, 0.15) is 36.6 Å². The lowest BCUT2D eigenvalue weighted by molar-refractivity contribution is -0.272. The van der Waals surface area contributed by atoms with E-state index in [0.717, 1.165) is 225 Å². The first kappa shape index (κ1) is 97.3. The monoisotopic (exact) mass is 1490 g/mol. The number of unbranched alkanes of at least 4 members (excludes halogenated alkanes) is 42. The van der Waals surface area contributed by atoms with Gasteiger partial charge in [0.25, 0.3) is 0 Å². The second-order valence-corrected chi connectivity index (χ2v) is 30.7. The number of hydrogen-bond acceptors (Lipinski definition) is 16. The van der Waals surface area contributed by atoms with Gasteiger partial charge in [-0.3, -0.25) is 33.3 Å². The molecule has 1 fully saturated rings. The van der Waals surface area contributed by atoms with Gasteiger partial charge in [-0.25, -0.2) is 9.36 Å². The molecule has 6 N–H and O–H groups in total. The van der Waals surface area contributed by atoms with Crippen LogP contribution in [0, 0.1) is 0 Å². The number of phosphoric ester groups is 1. The predicted octanol–water partition coefficient (Wildman–Crippen LogP) is 19.3. The van der Waals surface area contributed by atoms with Crippen LogP contribution in [-0.2, 0) is 71.1 Å². The Kier molecular flexibility index (Phi) is 62.8. The van der Waals surface area contributed by atoms with Crippen molar-refractivity contribution in [3.63, 3.8) is 0 Å². The average Bonchev–Trinajstić information content (AvgIpc) is 0.780. The number of carbonyl (C=O) groups excluding carboxylic acids is 6. The molecule has 1 saturated heterocycles. The van der Waals surface area contributed by atoms with Crippen molar-refractivity contribution in [2.45, 2.75) is 463 Å². The molecule has 0 aliphatic carbocycles. The summed E-state index contributed by atoms with van der Waals surface area (Å²) >= 11 is 0. The zero-order chi connectivity index (χ0) is 75.8. The maximum atomic E-state index is 14.8. The standard InChI is InChI=1S/C81H151N2O19P/c1-7-13-19-25-31-34-40-43-49-55-66(97-73(87)58-52-46-37-28-22-16-10-4)61-71(85)82-69(80(91)92)65-96-81-77(83-72(86)62-67(56-50-44-41-35-32-26-20-14-8-2)98-74(88)59-53-47-38-29-23-17-11-5)79(78(70(64-84)100-81)102-103(93,94)95)101-76(90)63-68(57-51-45-42-36-33-27-21-15-9-3)99-75(89)60-54-48-39-30-24-18-12-6/h66-70,77-79,81,84H,7-65H2,1-6H3,(H,82,85)(H,83,86)(H,91,92)(H2,93,94,95)/t66-,67-,68-,69+,70?,77?,78+,79-,81-/m1/s1. The number of hydrogen-bond donors (Lipinski definition) is 6. The largest absolute Gasteiger partial charge is 0.480 e. The third kappa shape index (κ3) is 55.4. The summed E-state index contributed by atoms with van der Waals surface area (Å²) in [5.41, 5.74) is 0. The molecule has 0 aromatic heterocycles. The van der Waals surface area contributed by atoms with Crippen LogP contribution in [0.25, 0.3) is 0 Å². The number of ether oxygens (including phenoxy) is 6. The lowest BCUT2D eigenvalue weighted by Gasteiger charge is -2.45. The number of carboxylic acids is 1. The molecule has 103 heavy (non-hydrogen) atoms. The van der Waals surface area contributed by atoms with E-state index in [9.17, 15) is 58.1 Å². The van der Waals surface area contributed by atoms with Gasteiger partial charge in [0, 0.05) is 19.3 Å². The Balaban J connectivity index is 3.85. The van der Waals surface area contributed by atoms with Crippen LogP contribution in [0.15, 0.2) is 0 Å². The van der Waals surface area contributed by atoms with Crippen LogP contribution < -0.4 is 10.6 Å². The number of esters is 4. The van der Waals surface area contributed by atoms with E-state index in [0.29, 0.717) is 51.4 Å². The molecule has 1 rings (SSSR count). The Labute approximate surface area is 624 Å². The van der Waals surface area contributed by atoms with Crippen LogP contribution in [0.1, 0.15) is 408 Å². The molecule has 2 unspecified atom stereocenters. The van der Waals surface area contributed by atoms with E-state index in [1.54, 1.807) is 0 Å². The highest BCUT2D eigenvalue weighted by Crippen LogP contribution is 2.42. The van der Waals surface area contributed by atoms with E-state index in [2.05, 4.69) is 52.2 Å². The summed E-state index contributed by atoms with van der Waals surface area (Å²) in [6, 6.07) is -3.60. The van der Waals surface area contributed by atoms with E-state index in [1.807, 2.05) is 0 Å². The molecular formula is C81H151N2O19P. The molecule has 1 aliphatic heterocycles. The van der Waals surface area contributed by atoms with Crippen molar-refractivity contribution in [1.29, 1.82) is 0 Å². The van der Waals surface area contributed by atoms with Gasteiger partial charge >= 0.3 is 37.7 Å². The van der Waals surface area contributed by atoms with E-state index in [4.69, 9.17) is 32.9 Å². The highest BCUT2D eigenvalue weighted by Gasteiger charge is 2.52. The van der Waals surface area contributed by atoms with Crippen LogP contribution in [0.5, 0.6) is 0 Å². The zero-order valence-corrected chi connectivity index (χ0v) is 66.7. The van der Waals surface area contributed by atoms with Crippen molar-refractivity contribution in [2.75, 3.05) is 13.2 Å². The van der Waals surface area contributed by atoms with Crippen molar-refractivity contribution >= 4 is 49.5 Å². The van der Waals surface area contributed by atoms with Crippen molar-refractivity contribution < 1.29 is 91.1 Å². The number of aliphatic hydroxyl groups excluding tert-OH is 1. The van der Waals surface area contributed by atoms with E-state index in [1.165, 1.54) is 44.9 Å². The number of aliphatic hydroxyl groups is 1. The number of phosphoric acid groups is 1. The molecule has 1 aliphatic rings. The van der Waals surface area contributed by atoms with Crippen LogP contribution in [0.4, 0.5) is 0 Å². The molecule has 1 heterocycles. The van der Waals surface area contributed by atoms with E-state index in [-0.39, 0.29) is 32.1 Å². The fraction of sp³-hybridized carbons (Fsp3) is 0.914. The summed E-state index contributed by atoms with van der Waals surface area (Å²) in [4.78, 5) is 118. The molecule has 0 aromatic carbocycles. The fourth-order valence-electron chi connectivity index (χ4n) is 13.5. The topological polar surface area (TPSA) is 306 Å². The van der Waals surface area contributed by atoms with Gasteiger partial charge in [0.15, 0.2) is 18.4 Å². The second kappa shape index (κ2) is 66.5. The van der Waals surface area contributed by atoms with Gasteiger partial charge < -0.3 is 59.1 Å². The van der Waals surface area contributed by atoms with Gasteiger partial charge in [0.2, 0.25) is 11.8 Å². The highest BCUT2D eigenvalue weighted by atomic mass is 31.2. The summed E-state index contributed by atoms with van der Waals surface area (Å²) in [5.74, 6) is -5.54. The van der Waals surface area contributed by atoms with Crippen LogP contribution >= 0.6 is 7.82 Å².